The maximum atomic E-state index is 13.6. The molecule has 40 heavy (non-hydrogen) atoms. The number of alkyl carbamates (subject to hydrolysis) is 1. The zero-order valence-corrected chi connectivity index (χ0v) is 25.0. The van der Waals surface area contributed by atoms with Crippen molar-refractivity contribution in [2.24, 2.45) is 4.99 Å². The van der Waals surface area contributed by atoms with Gasteiger partial charge in [0.2, 0.25) is 0 Å². The van der Waals surface area contributed by atoms with Gasteiger partial charge in [0.15, 0.2) is 15.0 Å². The number of hydrogen-bond acceptors (Lipinski definition) is 7. The van der Waals surface area contributed by atoms with Crippen molar-refractivity contribution < 1.29 is 27.5 Å². The van der Waals surface area contributed by atoms with Crippen LogP contribution in [0.5, 0.6) is 5.75 Å². The van der Waals surface area contributed by atoms with E-state index in [-0.39, 0.29) is 29.2 Å². The molecule has 2 amide bonds. The summed E-state index contributed by atoms with van der Waals surface area (Å²) in [5, 5.41) is 2.84. The van der Waals surface area contributed by atoms with Crippen molar-refractivity contribution in [1.29, 1.82) is 0 Å². The zero-order chi connectivity index (χ0) is 28.9. The lowest BCUT2D eigenvalue weighted by Gasteiger charge is -2.26. The number of carbonyl (C=O) groups is 2. The minimum Gasteiger partial charge on any atom is -0.494 e. The smallest absolute Gasteiger partial charge is 0.408 e. The summed E-state index contributed by atoms with van der Waals surface area (Å²) in [5.41, 5.74) is 0.826. The summed E-state index contributed by atoms with van der Waals surface area (Å²) < 4.78 is 36.3. The molecule has 0 bridgehead atoms. The van der Waals surface area contributed by atoms with E-state index in [1.54, 1.807) is 20.8 Å². The third-order valence-corrected chi connectivity index (χ3v) is 9.62. The third kappa shape index (κ3) is 8.00. The Bertz CT molecular complexity index is 1340. The first-order valence-electron chi connectivity index (χ1n) is 13.5. The van der Waals surface area contributed by atoms with Crippen LogP contribution in [0.3, 0.4) is 0 Å². The maximum Gasteiger partial charge on any atom is 0.408 e. The van der Waals surface area contributed by atoms with Gasteiger partial charge in [0, 0.05) is 23.4 Å². The average molecular weight is 588 g/mol. The molecule has 0 radical (unpaired) electrons. The molecule has 11 heteroatoms. The zero-order valence-electron chi connectivity index (χ0n) is 23.3. The molecule has 0 aliphatic carbocycles. The van der Waals surface area contributed by atoms with Crippen LogP contribution in [-0.2, 0) is 25.8 Å². The molecule has 2 heterocycles. The number of sulfone groups is 1. The van der Waals surface area contributed by atoms with Gasteiger partial charge in [0.05, 0.1) is 24.2 Å². The lowest BCUT2D eigenvalue weighted by Crippen LogP contribution is -2.45. The second-order valence-corrected chi connectivity index (χ2v) is 14.4. The van der Waals surface area contributed by atoms with E-state index in [9.17, 15) is 18.0 Å². The Labute approximate surface area is 240 Å². The third-order valence-electron chi connectivity index (χ3n) is 6.41. The summed E-state index contributed by atoms with van der Waals surface area (Å²) in [7, 11) is -3.22. The number of thioether (sulfide) groups is 1. The molecule has 4 rings (SSSR count). The summed E-state index contributed by atoms with van der Waals surface area (Å²) in [4.78, 5) is 32.6. The molecule has 0 aromatic heterocycles. The number of nitrogens with zero attached hydrogens (tertiary/aromatic N) is 2. The Morgan fingerprint density at radius 1 is 1.12 bits per heavy atom. The van der Waals surface area contributed by atoms with Crippen molar-refractivity contribution in [3.8, 4) is 5.75 Å². The minimum absolute atomic E-state index is 0.0162. The number of ether oxygens (including phenoxy) is 2. The SMILES string of the molecule is CCCCOc1cccc(N2C(=NC(=O)[C@@H](Cc3ccccc3)NC(=O)OC(C)(C)C)S[C@@H]3CS(=O)(=O)C[C@H]32)c1. The molecule has 2 fully saturated rings. The second kappa shape index (κ2) is 12.6. The van der Waals surface area contributed by atoms with Crippen LogP contribution in [0.4, 0.5) is 10.5 Å². The fourth-order valence-corrected chi connectivity index (χ4v) is 8.52. The molecule has 216 valence electrons. The van der Waals surface area contributed by atoms with Crippen molar-refractivity contribution in [2.75, 3.05) is 23.0 Å². The van der Waals surface area contributed by atoms with Gasteiger partial charge in [-0.1, -0.05) is 61.5 Å². The number of amides is 2. The van der Waals surface area contributed by atoms with Crippen molar-refractivity contribution in [3.05, 3.63) is 60.2 Å². The summed E-state index contributed by atoms with van der Waals surface area (Å²) in [6.07, 6.45) is 1.44. The highest BCUT2D eigenvalue weighted by Gasteiger charge is 2.49. The van der Waals surface area contributed by atoms with E-state index >= 15 is 0 Å². The first kappa shape index (κ1) is 29.9. The van der Waals surface area contributed by atoms with Crippen LogP contribution in [0.2, 0.25) is 0 Å². The predicted octanol–water partition coefficient (Wildman–Crippen LogP) is 4.60. The van der Waals surface area contributed by atoms with E-state index in [0.29, 0.717) is 23.2 Å². The van der Waals surface area contributed by atoms with Crippen molar-refractivity contribution in [3.63, 3.8) is 0 Å². The van der Waals surface area contributed by atoms with E-state index in [0.717, 1.165) is 18.4 Å². The highest BCUT2D eigenvalue weighted by molar-refractivity contribution is 8.16. The summed E-state index contributed by atoms with van der Waals surface area (Å²) in [5.74, 6) is 0.116. The van der Waals surface area contributed by atoms with Gasteiger partial charge in [-0.05, 0) is 44.9 Å². The Morgan fingerprint density at radius 3 is 2.58 bits per heavy atom. The second-order valence-electron chi connectivity index (χ2n) is 11.0. The van der Waals surface area contributed by atoms with Crippen LogP contribution >= 0.6 is 11.8 Å². The van der Waals surface area contributed by atoms with E-state index in [1.165, 1.54) is 11.8 Å². The van der Waals surface area contributed by atoms with Gasteiger partial charge >= 0.3 is 6.09 Å². The average Bonchev–Trinajstić information content (AvgIpc) is 3.34. The van der Waals surface area contributed by atoms with Crippen LogP contribution in [0.15, 0.2) is 59.6 Å². The van der Waals surface area contributed by atoms with Gasteiger partial charge in [-0.3, -0.25) is 4.79 Å². The van der Waals surface area contributed by atoms with Gasteiger partial charge in [0.1, 0.15) is 17.4 Å². The lowest BCUT2D eigenvalue weighted by molar-refractivity contribution is -0.119. The fourth-order valence-electron chi connectivity index (χ4n) is 4.60. The number of unbranched alkanes of at least 4 members (excludes halogenated alkanes) is 1. The first-order valence-corrected chi connectivity index (χ1v) is 16.2. The largest absolute Gasteiger partial charge is 0.494 e. The van der Waals surface area contributed by atoms with E-state index in [1.807, 2.05) is 59.5 Å². The molecule has 0 saturated carbocycles. The molecule has 2 aromatic carbocycles. The number of hydrogen-bond donors (Lipinski definition) is 1. The summed E-state index contributed by atoms with van der Waals surface area (Å²) in [6.45, 7) is 7.92. The van der Waals surface area contributed by atoms with Crippen LogP contribution in [-0.4, -0.2) is 66.6 Å². The standard InChI is InChI=1S/C29H37N3O6S2/c1-5-6-15-37-22-14-10-13-21(17-22)32-24-18-40(35,36)19-25(24)39-27(32)31-26(33)23(16-20-11-8-7-9-12-20)30-28(34)38-29(2,3)4/h7-14,17,23-25H,5-6,15-16,18-19H2,1-4H3,(H,30,34)/t23-,24-,25-/m1/s1. The molecule has 2 saturated heterocycles. The molecule has 1 N–H and O–H groups in total. The molecule has 0 spiro atoms. The van der Waals surface area contributed by atoms with E-state index in [4.69, 9.17) is 9.47 Å². The lowest BCUT2D eigenvalue weighted by atomic mass is 10.1. The molecule has 3 atom stereocenters. The molecule has 2 aliphatic rings. The van der Waals surface area contributed by atoms with Crippen molar-refractivity contribution in [2.45, 2.75) is 69.9 Å². The van der Waals surface area contributed by atoms with Crippen LogP contribution in [0, 0.1) is 0 Å². The Morgan fingerprint density at radius 2 is 1.88 bits per heavy atom. The van der Waals surface area contributed by atoms with E-state index in [2.05, 4.69) is 17.2 Å². The highest BCUT2D eigenvalue weighted by atomic mass is 32.2. The highest BCUT2D eigenvalue weighted by Crippen LogP contribution is 2.41. The number of amidine groups is 1. The summed E-state index contributed by atoms with van der Waals surface area (Å²) in [6, 6.07) is 15.4. The van der Waals surface area contributed by atoms with Crippen LogP contribution < -0.4 is 15.0 Å². The predicted molar refractivity (Wildman–Crippen MR) is 159 cm³/mol. The number of anilines is 1. The molecule has 9 nitrogen and oxygen atoms in total. The number of carbonyl (C=O) groups excluding carboxylic acids is 2. The summed E-state index contributed by atoms with van der Waals surface area (Å²) >= 11 is 1.29. The van der Waals surface area contributed by atoms with Crippen molar-refractivity contribution in [1.82, 2.24) is 5.32 Å². The number of nitrogens with one attached hydrogen (secondary N) is 1. The molecule has 2 aliphatic heterocycles. The maximum absolute atomic E-state index is 13.6. The van der Waals surface area contributed by atoms with Crippen LogP contribution in [0.1, 0.15) is 46.1 Å². The molecule has 0 unspecified atom stereocenters. The molecular weight excluding hydrogens is 550 g/mol. The van der Waals surface area contributed by atoms with Gasteiger partial charge in [0.25, 0.3) is 5.91 Å². The Kier molecular flexibility index (Phi) is 9.45. The number of aliphatic imine (C=N–C) groups is 1. The van der Waals surface area contributed by atoms with E-state index < -0.39 is 33.5 Å². The van der Waals surface area contributed by atoms with Crippen molar-refractivity contribution >= 4 is 44.5 Å². The first-order chi connectivity index (χ1) is 18.9. The van der Waals surface area contributed by atoms with Gasteiger partial charge in [-0.25, -0.2) is 13.2 Å². The number of rotatable bonds is 9. The normalized spacial score (nSPS) is 21.6. The monoisotopic (exact) mass is 587 g/mol. The van der Waals surface area contributed by atoms with Gasteiger partial charge in [-0.2, -0.15) is 4.99 Å². The van der Waals surface area contributed by atoms with Gasteiger partial charge in [-0.15, -0.1) is 0 Å². The molecular formula is C29H37N3O6S2. The van der Waals surface area contributed by atoms with Crippen LogP contribution in [0.25, 0.3) is 0 Å². The molecule has 2 aromatic rings. The minimum atomic E-state index is -3.22. The number of fused-ring (bicyclic) bond motifs is 1. The Balaban J connectivity index is 1.64. The van der Waals surface area contributed by atoms with Gasteiger partial charge < -0.3 is 19.7 Å². The quantitative estimate of drug-likeness (QED) is 0.424. The number of benzene rings is 2. The topological polar surface area (TPSA) is 114 Å². The fraction of sp³-hybridized carbons (Fsp3) is 0.483. The Hall–Kier alpha value is -3.05.